The predicted octanol–water partition coefficient (Wildman–Crippen LogP) is 0.0651. The Morgan fingerprint density at radius 2 is 1.78 bits per heavy atom. The largest absolute Gasteiger partial charge is 0.480 e. The number of urea groups is 1. The Morgan fingerprint density at radius 3 is 2.28 bits per heavy atom. The second-order valence-electron chi connectivity index (χ2n) is 3.86. The molecule has 0 aromatic heterocycles. The van der Waals surface area contributed by atoms with Gasteiger partial charge in [-0.05, 0) is 12.8 Å². The first-order chi connectivity index (χ1) is 8.51. The van der Waals surface area contributed by atoms with Crippen LogP contribution in [0.1, 0.15) is 33.1 Å². The van der Waals surface area contributed by atoms with E-state index < -0.39 is 18.0 Å². The molecule has 0 saturated heterocycles. The van der Waals surface area contributed by atoms with Crippen LogP contribution in [0.2, 0.25) is 0 Å². The maximum Gasteiger partial charge on any atom is 0.326 e. The zero-order chi connectivity index (χ0) is 14.0. The van der Waals surface area contributed by atoms with Crippen LogP contribution in [0.4, 0.5) is 4.79 Å². The van der Waals surface area contributed by atoms with Crippen LogP contribution in [0.3, 0.4) is 0 Å². The van der Waals surface area contributed by atoms with Crippen LogP contribution in [0.5, 0.6) is 0 Å². The van der Waals surface area contributed by atoms with E-state index >= 15 is 0 Å². The average Bonchev–Trinajstić information content (AvgIpc) is 2.33. The molecule has 0 rings (SSSR count). The lowest BCUT2D eigenvalue weighted by atomic mass is 10.2. The fraction of sp³-hybridized carbons (Fsp3) is 0.727. The third kappa shape index (κ3) is 7.48. The Labute approximate surface area is 106 Å². The minimum absolute atomic E-state index is 0.162. The van der Waals surface area contributed by atoms with Crippen molar-refractivity contribution in [3.05, 3.63) is 0 Å². The summed E-state index contributed by atoms with van der Waals surface area (Å²) in [6.07, 6.45) is 1.81. The molecular formula is C11H21N3O4. The molecule has 0 aliphatic heterocycles. The van der Waals surface area contributed by atoms with Gasteiger partial charge in [-0.1, -0.05) is 20.3 Å². The van der Waals surface area contributed by atoms with Crippen molar-refractivity contribution in [2.45, 2.75) is 39.2 Å². The van der Waals surface area contributed by atoms with Gasteiger partial charge in [0.1, 0.15) is 6.04 Å². The quantitative estimate of drug-likeness (QED) is 0.494. The molecule has 7 nitrogen and oxygen atoms in total. The molecule has 0 heterocycles. The number of carboxylic acid groups (broad SMARTS) is 1. The van der Waals surface area contributed by atoms with E-state index in [1.54, 1.807) is 0 Å². The van der Waals surface area contributed by atoms with Crippen molar-refractivity contribution in [3.63, 3.8) is 0 Å². The summed E-state index contributed by atoms with van der Waals surface area (Å²) in [7, 11) is 0. The van der Waals surface area contributed by atoms with E-state index in [2.05, 4.69) is 16.0 Å². The lowest BCUT2D eigenvalue weighted by Gasteiger charge is -2.14. The zero-order valence-electron chi connectivity index (χ0n) is 10.8. The summed E-state index contributed by atoms with van der Waals surface area (Å²) in [5, 5.41) is 16.0. The van der Waals surface area contributed by atoms with Gasteiger partial charge in [-0.25, -0.2) is 9.59 Å². The van der Waals surface area contributed by atoms with Crippen LogP contribution < -0.4 is 16.0 Å². The Balaban J connectivity index is 3.94. The molecule has 3 amide bonds. The molecule has 0 aromatic rings. The Bertz CT molecular complexity index is 294. The second kappa shape index (κ2) is 9.26. The van der Waals surface area contributed by atoms with Gasteiger partial charge in [-0.2, -0.15) is 0 Å². The number of hydrogen-bond acceptors (Lipinski definition) is 3. The summed E-state index contributed by atoms with van der Waals surface area (Å²) in [6.45, 7) is 4.14. The molecule has 0 aliphatic carbocycles. The van der Waals surface area contributed by atoms with Gasteiger partial charge in [-0.3, -0.25) is 4.79 Å². The van der Waals surface area contributed by atoms with Crippen LogP contribution in [-0.4, -0.2) is 42.1 Å². The van der Waals surface area contributed by atoms with Crippen molar-refractivity contribution in [1.29, 1.82) is 0 Å². The lowest BCUT2D eigenvalue weighted by molar-refractivity contribution is -0.139. The molecule has 0 spiro atoms. The first kappa shape index (κ1) is 16.2. The Hall–Kier alpha value is -1.79. The first-order valence-electron chi connectivity index (χ1n) is 6.05. The number of carboxylic acids is 1. The fourth-order valence-electron chi connectivity index (χ4n) is 1.24. The van der Waals surface area contributed by atoms with E-state index in [1.165, 1.54) is 0 Å². The van der Waals surface area contributed by atoms with Crippen LogP contribution in [0.25, 0.3) is 0 Å². The number of nitrogens with one attached hydrogen (secondary N) is 3. The maximum atomic E-state index is 11.3. The summed E-state index contributed by atoms with van der Waals surface area (Å²) < 4.78 is 0. The van der Waals surface area contributed by atoms with Gasteiger partial charge in [0.25, 0.3) is 0 Å². The van der Waals surface area contributed by atoms with Gasteiger partial charge in [0.2, 0.25) is 5.91 Å². The number of carbonyl (C=O) groups excluding carboxylic acids is 2. The molecule has 0 aromatic carbocycles. The van der Waals surface area contributed by atoms with Crippen molar-refractivity contribution < 1.29 is 19.5 Å². The maximum absolute atomic E-state index is 11.3. The molecular weight excluding hydrogens is 238 g/mol. The molecule has 0 radical (unpaired) electrons. The standard InChI is InChI=1S/C11H21N3O4/c1-3-5-8(10(16)17)14-11(18)13-7-9(15)12-6-4-2/h8H,3-7H2,1-2H3,(H,12,15)(H,16,17)(H2,13,14,18)/t8-/m0/s1. The predicted molar refractivity (Wildman–Crippen MR) is 66.2 cm³/mol. The fourth-order valence-corrected chi connectivity index (χ4v) is 1.24. The SMILES string of the molecule is CCCNC(=O)CNC(=O)N[C@@H](CCC)C(=O)O. The molecule has 0 aliphatic rings. The minimum Gasteiger partial charge on any atom is -0.480 e. The van der Waals surface area contributed by atoms with E-state index in [0.717, 1.165) is 6.42 Å². The third-order valence-electron chi connectivity index (χ3n) is 2.16. The second-order valence-corrected chi connectivity index (χ2v) is 3.86. The summed E-state index contributed by atoms with van der Waals surface area (Å²) >= 11 is 0. The highest BCUT2D eigenvalue weighted by Gasteiger charge is 2.18. The zero-order valence-corrected chi connectivity index (χ0v) is 10.8. The number of rotatable bonds is 8. The molecule has 1 atom stereocenters. The summed E-state index contributed by atoms with van der Waals surface area (Å²) in [4.78, 5) is 33.3. The van der Waals surface area contributed by atoms with Crippen LogP contribution in [-0.2, 0) is 9.59 Å². The number of carbonyl (C=O) groups is 3. The van der Waals surface area contributed by atoms with Crippen LogP contribution in [0.15, 0.2) is 0 Å². The van der Waals surface area contributed by atoms with E-state index in [0.29, 0.717) is 19.4 Å². The van der Waals surface area contributed by atoms with Crippen molar-refractivity contribution in [2.75, 3.05) is 13.1 Å². The van der Waals surface area contributed by atoms with E-state index in [1.807, 2.05) is 13.8 Å². The Kier molecular flexibility index (Phi) is 8.34. The highest BCUT2D eigenvalue weighted by atomic mass is 16.4. The summed E-state index contributed by atoms with van der Waals surface area (Å²) in [5.74, 6) is -1.38. The highest BCUT2D eigenvalue weighted by Crippen LogP contribution is 1.96. The highest BCUT2D eigenvalue weighted by molar-refractivity contribution is 5.86. The van der Waals surface area contributed by atoms with Crippen molar-refractivity contribution >= 4 is 17.9 Å². The van der Waals surface area contributed by atoms with Crippen LogP contribution >= 0.6 is 0 Å². The monoisotopic (exact) mass is 259 g/mol. The third-order valence-corrected chi connectivity index (χ3v) is 2.16. The van der Waals surface area contributed by atoms with Crippen LogP contribution in [0, 0.1) is 0 Å². The summed E-state index contributed by atoms with van der Waals surface area (Å²) in [6, 6.07) is -1.57. The molecule has 0 fully saturated rings. The Morgan fingerprint density at radius 1 is 1.11 bits per heavy atom. The molecule has 4 N–H and O–H groups in total. The van der Waals surface area contributed by atoms with Crippen molar-refractivity contribution in [2.24, 2.45) is 0 Å². The number of aliphatic carboxylic acids is 1. The van der Waals surface area contributed by atoms with Gasteiger partial charge in [0.05, 0.1) is 6.54 Å². The van der Waals surface area contributed by atoms with E-state index in [-0.39, 0.29) is 12.5 Å². The molecule has 0 saturated carbocycles. The van der Waals surface area contributed by atoms with Gasteiger partial charge in [0.15, 0.2) is 0 Å². The average molecular weight is 259 g/mol. The van der Waals surface area contributed by atoms with E-state index in [4.69, 9.17) is 5.11 Å². The molecule has 0 unspecified atom stereocenters. The minimum atomic E-state index is -1.08. The van der Waals surface area contributed by atoms with Crippen molar-refractivity contribution in [1.82, 2.24) is 16.0 Å². The smallest absolute Gasteiger partial charge is 0.326 e. The summed E-state index contributed by atoms with van der Waals surface area (Å²) in [5.41, 5.74) is 0. The van der Waals surface area contributed by atoms with Crippen molar-refractivity contribution in [3.8, 4) is 0 Å². The van der Waals surface area contributed by atoms with Gasteiger partial charge in [-0.15, -0.1) is 0 Å². The van der Waals surface area contributed by atoms with Gasteiger partial charge >= 0.3 is 12.0 Å². The lowest BCUT2D eigenvalue weighted by Crippen LogP contribution is -2.48. The number of hydrogen-bond donors (Lipinski definition) is 4. The molecule has 0 bridgehead atoms. The van der Waals surface area contributed by atoms with Gasteiger partial charge < -0.3 is 21.1 Å². The first-order valence-corrected chi connectivity index (χ1v) is 6.05. The number of amides is 3. The molecule has 104 valence electrons. The van der Waals surface area contributed by atoms with Gasteiger partial charge in [0, 0.05) is 6.54 Å². The van der Waals surface area contributed by atoms with E-state index in [9.17, 15) is 14.4 Å². The normalized spacial score (nSPS) is 11.4. The molecule has 7 heteroatoms. The molecule has 18 heavy (non-hydrogen) atoms. The topological polar surface area (TPSA) is 108 Å².